The summed E-state index contributed by atoms with van der Waals surface area (Å²) >= 11 is 5.83. The number of oxime groups is 1. The van der Waals surface area contributed by atoms with Gasteiger partial charge in [-0.15, -0.1) is 0 Å². The summed E-state index contributed by atoms with van der Waals surface area (Å²) in [6, 6.07) is 5.10. The Hall–Kier alpha value is -2.62. The van der Waals surface area contributed by atoms with Crippen LogP contribution in [0.25, 0.3) is 0 Å². The SMILES string of the molecule is O/N=C(\Cc1ccc(F)c(Cl)c1)c1cc(F)c(F)c2c1CC(=NCCN1CCOCC1)N2. The fourth-order valence-electron chi connectivity index (χ4n) is 3.87. The van der Waals surface area contributed by atoms with Crippen LogP contribution in [-0.2, 0) is 17.6 Å². The van der Waals surface area contributed by atoms with Crippen LogP contribution >= 0.6 is 11.6 Å². The van der Waals surface area contributed by atoms with Gasteiger partial charge in [-0.2, -0.15) is 0 Å². The summed E-state index contributed by atoms with van der Waals surface area (Å²) in [6.07, 6.45) is 0.297. The van der Waals surface area contributed by atoms with Gasteiger partial charge in [0.25, 0.3) is 0 Å². The molecule has 0 atom stereocenters. The molecule has 4 rings (SSSR count). The normalized spacial score (nSPS) is 18.1. The Bertz CT molecular complexity index is 1070. The number of halogens is 4. The molecule has 1 fully saturated rings. The highest BCUT2D eigenvalue weighted by molar-refractivity contribution is 6.30. The maximum atomic E-state index is 14.5. The van der Waals surface area contributed by atoms with Crippen LogP contribution in [0.5, 0.6) is 0 Å². The molecule has 2 heterocycles. The molecule has 0 bridgehead atoms. The molecule has 0 aromatic heterocycles. The van der Waals surface area contributed by atoms with Gasteiger partial charge in [0.1, 0.15) is 11.7 Å². The van der Waals surface area contributed by atoms with E-state index >= 15 is 0 Å². The summed E-state index contributed by atoms with van der Waals surface area (Å²) in [5.41, 5.74) is 1.37. The first-order valence-electron chi connectivity index (χ1n) is 10.2. The van der Waals surface area contributed by atoms with Crippen molar-refractivity contribution in [3.8, 4) is 0 Å². The number of aliphatic imine (C=N–C) groups is 1. The summed E-state index contributed by atoms with van der Waals surface area (Å²) in [6.45, 7) is 4.31. The Kier molecular flexibility index (Phi) is 6.98. The van der Waals surface area contributed by atoms with Gasteiger partial charge in [0, 0.05) is 38.0 Å². The van der Waals surface area contributed by atoms with E-state index in [2.05, 4.69) is 20.4 Å². The fraction of sp³-hybridized carbons (Fsp3) is 0.364. The zero-order valence-electron chi connectivity index (χ0n) is 17.2. The van der Waals surface area contributed by atoms with Gasteiger partial charge in [0.2, 0.25) is 0 Å². The van der Waals surface area contributed by atoms with Gasteiger partial charge >= 0.3 is 0 Å². The van der Waals surface area contributed by atoms with E-state index in [0.29, 0.717) is 36.7 Å². The molecule has 0 spiro atoms. The fourth-order valence-corrected chi connectivity index (χ4v) is 4.07. The van der Waals surface area contributed by atoms with Gasteiger partial charge in [-0.25, -0.2) is 13.2 Å². The van der Waals surface area contributed by atoms with E-state index in [-0.39, 0.29) is 34.8 Å². The molecule has 0 amide bonds. The lowest BCUT2D eigenvalue weighted by atomic mass is 9.95. The predicted octanol–water partition coefficient (Wildman–Crippen LogP) is 3.88. The highest BCUT2D eigenvalue weighted by atomic mass is 35.5. The molecule has 2 aliphatic heterocycles. The smallest absolute Gasteiger partial charge is 0.182 e. The molecule has 2 aliphatic rings. The lowest BCUT2D eigenvalue weighted by Gasteiger charge is -2.25. The first-order valence-corrected chi connectivity index (χ1v) is 10.6. The zero-order valence-corrected chi connectivity index (χ0v) is 17.9. The Morgan fingerprint density at radius 3 is 2.66 bits per heavy atom. The second-order valence-electron chi connectivity index (χ2n) is 7.63. The first kappa shape index (κ1) is 22.6. The van der Waals surface area contributed by atoms with Crippen LogP contribution < -0.4 is 5.32 Å². The van der Waals surface area contributed by atoms with Gasteiger partial charge in [0.15, 0.2) is 11.6 Å². The number of amidine groups is 1. The number of nitrogens with zero attached hydrogens (tertiary/aromatic N) is 3. The van der Waals surface area contributed by atoms with Crippen molar-refractivity contribution in [2.75, 3.05) is 44.7 Å². The largest absolute Gasteiger partial charge is 0.411 e. The summed E-state index contributed by atoms with van der Waals surface area (Å²) in [5, 5.41) is 15.7. The number of ether oxygens (including phenoxy) is 1. The summed E-state index contributed by atoms with van der Waals surface area (Å²) in [4.78, 5) is 6.73. The van der Waals surface area contributed by atoms with E-state index in [4.69, 9.17) is 16.3 Å². The van der Waals surface area contributed by atoms with E-state index in [1.807, 2.05) is 0 Å². The standard InChI is InChI=1S/C22H22ClF3N4O2/c23-16-9-13(1-2-17(16)24)10-19(29-31)14-11-18(25)21(26)22-15(14)12-20(28-22)27-3-4-30-5-7-32-8-6-30/h1-2,9,11,31H,3-8,10,12H2,(H,27,28)/b29-19+. The third-order valence-corrected chi connectivity index (χ3v) is 5.84. The molecule has 2 N–H and O–H groups in total. The van der Waals surface area contributed by atoms with E-state index in [1.165, 1.54) is 18.2 Å². The number of hydrogen-bond donors (Lipinski definition) is 2. The van der Waals surface area contributed by atoms with Crippen molar-refractivity contribution in [3.05, 3.63) is 63.4 Å². The summed E-state index contributed by atoms with van der Waals surface area (Å²) < 4.78 is 47.6. The van der Waals surface area contributed by atoms with Crippen LogP contribution in [0.2, 0.25) is 5.02 Å². The third-order valence-electron chi connectivity index (χ3n) is 5.55. The maximum absolute atomic E-state index is 14.5. The van der Waals surface area contributed by atoms with Crippen LogP contribution in [0.4, 0.5) is 18.9 Å². The van der Waals surface area contributed by atoms with Crippen LogP contribution in [-0.4, -0.2) is 61.0 Å². The minimum Gasteiger partial charge on any atom is -0.411 e. The van der Waals surface area contributed by atoms with Crippen molar-refractivity contribution < 1.29 is 23.1 Å². The van der Waals surface area contributed by atoms with E-state index < -0.39 is 17.5 Å². The molecular weight excluding hydrogens is 445 g/mol. The number of rotatable bonds is 6. The van der Waals surface area contributed by atoms with Crippen molar-refractivity contribution in [2.45, 2.75) is 12.8 Å². The van der Waals surface area contributed by atoms with Crippen molar-refractivity contribution in [1.82, 2.24) is 4.90 Å². The van der Waals surface area contributed by atoms with Crippen molar-refractivity contribution in [2.24, 2.45) is 10.1 Å². The van der Waals surface area contributed by atoms with Gasteiger partial charge in [-0.1, -0.05) is 22.8 Å². The summed E-state index contributed by atoms with van der Waals surface area (Å²) in [5.74, 6) is -2.14. The highest BCUT2D eigenvalue weighted by Crippen LogP contribution is 2.33. The maximum Gasteiger partial charge on any atom is 0.182 e. The first-order chi connectivity index (χ1) is 15.5. The second kappa shape index (κ2) is 9.89. The lowest BCUT2D eigenvalue weighted by Crippen LogP contribution is -2.37. The van der Waals surface area contributed by atoms with Crippen LogP contribution in [0, 0.1) is 17.5 Å². The zero-order chi connectivity index (χ0) is 22.7. The lowest BCUT2D eigenvalue weighted by molar-refractivity contribution is 0.0394. The molecule has 0 aliphatic carbocycles. The Labute approximate surface area is 188 Å². The molecule has 2 aromatic carbocycles. The van der Waals surface area contributed by atoms with Crippen LogP contribution in [0.1, 0.15) is 16.7 Å². The average molecular weight is 467 g/mol. The molecule has 32 heavy (non-hydrogen) atoms. The van der Waals surface area contributed by atoms with Gasteiger partial charge < -0.3 is 15.3 Å². The molecular formula is C22H22ClF3N4O2. The number of morpholine rings is 1. The Balaban J connectivity index is 1.55. The van der Waals surface area contributed by atoms with E-state index in [0.717, 1.165) is 25.7 Å². The Morgan fingerprint density at radius 1 is 1.16 bits per heavy atom. The molecule has 10 heteroatoms. The monoisotopic (exact) mass is 466 g/mol. The van der Waals surface area contributed by atoms with Crippen LogP contribution in [0.15, 0.2) is 34.4 Å². The molecule has 1 saturated heterocycles. The minimum atomic E-state index is -1.07. The van der Waals surface area contributed by atoms with Gasteiger partial charge in [0.05, 0.1) is 36.2 Å². The minimum absolute atomic E-state index is 0.0107. The van der Waals surface area contributed by atoms with Crippen LogP contribution in [0.3, 0.4) is 0 Å². The summed E-state index contributed by atoms with van der Waals surface area (Å²) in [7, 11) is 0. The number of fused-ring (bicyclic) bond motifs is 1. The van der Waals surface area contributed by atoms with Gasteiger partial charge in [-0.3, -0.25) is 9.89 Å². The van der Waals surface area contributed by atoms with Crippen molar-refractivity contribution in [1.29, 1.82) is 0 Å². The number of anilines is 1. The highest BCUT2D eigenvalue weighted by Gasteiger charge is 2.28. The third kappa shape index (κ3) is 4.90. The van der Waals surface area contributed by atoms with Crippen molar-refractivity contribution >= 4 is 28.8 Å². The molecule has 0 saturated carbocycles. The number of hydrogen-bond acceptors (Lipinski definition) is 5. The van der Waals surface area contributed by atoms with E-state index in [9.17, 15) is 18.4 Å². The number of benzene rings is 2. The Morgan fingerprint density at radius 2 is 1.94 bits per heavy atom. The average Bonchev–Trinajstić information content (AvgIpc) is 3.22. The predicted molar refractivity (Wildman–Crippen MR) is 117 cm³/mol. The molecule has 170 valence electrons. The molecule has 2 aromatic rings. The molecule has 0 unspecified atom stereocenters. The topological polar surface area (TPSA) is 69.5 Å². The van der Waals surface area contributed by atoms with Crippen molar-refractivity contribution in [3.63, 3.8) is 0 Å². The number of nitrogens with one attached hydrogen (secondary N) is 1. The van der Waals surface area contributed by atoms with Gasteiger partial charge in [-0.05, 0) is 29.3 Å². The van der Waals surface area contributed by atoms with E-state index in [1.54, 1.807) is 0 Å². The second-order valence-corrected chi connectivity index (χ2v) is 8.04. The molecule has 6 nitrogen and oxygen atoms in total. The quantitative estimate of drug-likeness (QED) is 0.385. The molecule has 0 radical (unpaired) electrons.